The van der Waals surface area contributed by atoms with E-state index in [4.69, 9.17) is 13.8 Å². The maximum atomic E-state index is 13.6. The van der Waals surface area contributed by atoms with Crippen molar-refractivity contribution >= 4 is 19.7 Å². The third-order valence-electron chi connectivity index (χ3n) is 16.9. The number of hydrogen-bond acceptors (Lipinski definition) is 7. The first kappa shape index (κ1) is 84.7. The molecular weight excluding hydrogens is 1100 g/mol. The van der Waals surface area contributed by atoms with E-state index >= 15 is 0 Å². The van der Waals surface area contributed by atoms with E-state index in [2.05, 4.69) is 74.7 Å². The second kappa shape index (κ2) is 66.6. The van der Waals surface area contributed by atoms with Crippen LogP contribution in [-0.4, -0.2) is 69.4 Å². The van der Waals surface area contributed by atoms with Gasteiger partial charge in [0, 0.05) is 12.8 Å². The third kappa shape index (κ3) is 67.9. The zero-order valence-corrected chi connectivity index (χ0v) is 59.4. The number of phosphoric ester groups is 1. The normalized spacial score (nSPS) is 13.8. The molecule has 0 bridgehead atoms. The highest BCUT2D eigenvalue weighted by atomic mass is 31.2. The lowest BCUT2D eigenvalue weighted by atomic mass is 10.0. The monoisotopic (exact) mass is 1240 g/mol. The maximum Gasteiger partial charge on any atom is 0.306 e. The molecule has 0 heterocycles. The Hall–Kier alpha value is -2.29. The van der Waals surface area contributed by atoms with Gasteiger partial charge in [-0.15, -0.1) is 0 Å². The summed E-state index contributed by atoms with van der Waals surface area (Å²) in [5.41, 5.74) is 0. The highest BCUT2D eigenvalue weighted by molar-refractivity contribution is 7.45. The highest BCUT2D eigenvalue weighted by Crippen LogP contribution is 2.38. The fourth-order valence-corrected chi connectivity index (χ4v) is 11.8. The number of quaternary nitrogens is 1. The van der Waals surface area contributed by atoms with Crippen molar-refractivity contribution < 1.29 is 37.3 Å². The number of ether oxygens (including phenoxy) is 1. The number of nitrogens with zero attached hydrogens (tertiary/aromatic N) is 1. The number of phosphoric acid groups is 1. The van der Waals surface area contributed by atoms with Crippen molar-refractivity contribution in [2.45, 2.75) is 380 Å². The minimum atomic E-state index is -4.71. The Morgan fingerprint density at radius 1 is 0.402 bits per heavy atom. The van der Waals surface area contributed by atoms with Crippen LogP contribution in [0.3, 0.4) is 0 Å². The molecule has 0 fully saturated rings. The number of carbonyl (C=O) groups is 2. The minimum Gasteiger partial charge on any atom is -0.756 e. The van der Waals surface area contributed by atoms with Crippen molar-refractivity contribution in [1.82, 2.24) is 5.32 Å². The van der Waals surface area contributed by atoms with Crippen LogP contribution >= 0.6 is 7.82 Å². The van der Waals surface area contributed by atoms with Crippen molar-refractivity contribution in [2.24, 2.45) is 0 Å². The average Bonchev–Trinajstić information content (AvgIpc) is 3.69. The van der Waals surface area contributed by atoms with Crippen LogP contribution in [0.5, 0.6) is 0 Å². The summed E-state index contributed by atoms with van der Waals surface area (Å²) >= 11 is 0. The molecule has 0 aliphatic heterocycles. The van der Waals surface area contributed by atoms with Gasteiger partial charge in [0.25, 0.3) is 7.82 Å². The molecule has 9 nitrogen and oxygen atoms in total. The predicted octanol–water partition coefficient (Wildman–Crippen LogP) is 23.5. The van der Waals surface area contributed by atoms with Gasteiger partial charge in [-0.25, -0.2) is 0 Å². The lowest BCUT2D eigenvalue weighted by Crippen LogP contribution is -2.47. The molecule has 0 rings (SSSR count). The zero-order valence-electron chi connectivity index (χ0n) is 58.5. The van der Waals surface area contributed by atoms with Gasteiger partial charge in [-0.3, -0.25) is 14.2 Å². The van der Waals surface area contributed by atoms with Gasteiger partial charge >= 0.3 is 5.97 Å². The van der Waals surface area contributed by atoms with Gasteiger partial charge in [-0.2, -0.15) is 0 Å². The molecule has 10 heteroatoms. The molecule has 510 valence electrons. The summed E-state index contributed by atoms with van der Waals surface area (Å²) in [5, 5.41) is 3.05. The molecule has 0 aromatic heterocycles. The lowest BCUT2D eigenvalue weighted by Gasteiger charge is -2.30. The number of nitrogens with one attached hydrogen (secondary N) is 1. The first-order valence-electron chi connectivity index (χ1n) is 37.6. The summed E-state index contributed by atoms with van der Waals surface area (Å²) in [6, 6.07) is -0.890. The largest absolute Gasteiger partial charge is 0.756 e. The summed E-state index contributed by atoms with van der Waals surface area (Å²) in [4.78, 5) is 40.3. The number of unbranched alkanes of at least 4 members (excludes halogenated alkanes) is 45. The number of allylic oxidation sites excluding steroid dienone is 9. The van der Waals surface area contributed by atoms with Crippen LogP contribution in [0.4, 0.5) is 0 Å². The summed E-state index contributed by atoms with van der Waals surface area (Å²) < 4.78 is 30.5. The number of hydrogen-bond donors (Lipinski definition) is 1. The molecule has 87 heavy (non-hydrogen) atoms. The molecule has 0 spiro atoms. The smallest absolute Gasteiger partial charge is 0.306 e. The molecule has 0 saturated carbocycles. The Kier molecular flexibility index (Phi) is 64.9. The van der Waals surface area contributed by atoms with Crippen LogP contribution in [0, 0.1) is 0 Å². The second-order valence-electron chi connectivity index (χ2n) is 26.8. The molecule has 3 atom stereocenters. The highest BCUT2D eigenvalue weighted by Gasteiger charge is 2.27. The summed E-state index contributed by atoms with van der Waals surface area (Å²) in [6.07, 6.45) is 86.3. The Morgan fingerprint density at radius 2 is 0.701 bits per heavy atom. The van der Waals surface area contributed by atoms with Crippen molar-refractivity contribution in [3.05, 3.63) is 60.8 Å². The van der Waals surface area contributed by atoms with Gasteiger partial charge < -0.3 is 28.5 Å². The molecule has 0 aliphatic carbocycles. The van der Waals surface area contributed by atoms with Crippen molar-refractivity contribution in [1.29, 1.82) is 0 Å². The molecule has 0 radical (unpaired) electrons. The molecule has 1 N–H and O–H groups in total. The van der Waals surface area contributed by atoms with Crippen molar-refractivity contribution in [2.75, 3.05) is 40.9 Å². The van der Waals surface area contributed by atoms with Gasteiger partial charge in [0.2, 0.25) is 5.91 Å². The van der Waals surface area contributed by atoms with Crippen LogP contribution in [-0.2, 0) is 27.9 Å². The standard InChI is InChI=1S/C77H145N2O7P/c1-7-10-13-16-19-22-25-28-30-32-34-36-37-38-39-40-41-43-44-46-48-51-54-57-60-63-66-69-76(80)78-74(73-85-87(82,83)84-72-71-79(4,5)6)75(68-65-62-59-56-53-50-27-24-21-18-15-12-9-3)86-77(81)70-67-64-61-58-55-52-49-47-45-42-35-33-31-29-26-23-20-17-14-11-8-2/h19-20,22-23,28-31,65,68,74-75H,7-18,21,24-27,32-64,66-67,69-73H2,1-6H3,(H-,78,80,82,83)/b22-19-,23-20-,30-28-,31-29-,68-65-. The molecule has 3 unspecified atom stereocenters. The lowest BCUT2D eigenvalue weighted by molar-refractivity contribution is -0.870. The first-order chi connectivity index (χ1) is 42.4. The zero-order chi connectivity index (χ0) is 63.5. The maximum absolute atomic E-state index is 13.6. The Labute approximate surface area is 541 Å². The summed E-state index contributed by atoms with van der Waals surface area (Å²) in [7, 11) is 1.20. The van der Waals surface area contributed by atoms with Crippen LogP contribution in [0.1, 0.15) is 367 Å². The van der Waals surface area contributed by atoms with Gasteiger partial charge in [0.15, 0.2) is 0 Å². The average molecular weight is 1240 g/mol. The Bertz CT molecular complexity index is 1670. The van der Waals surface area contributed by atoms with Crippen LogP contribution < -0.4 is 10.2 Å². The van der Waals surface area contributed by atoms with Crippen LogP contribution in [0.15, 0.2) is 60.8 Å². The second-order valence-corrected chi connectivity index (χ2v) is 28.2. The molecule has 1 amide bonds. The molecule has 0 aliphatic rings. The summed E-state index contributed by atoms with van der Waals surface area (Å²) in [6.45, 7) is 6.85. The van der Waals surface area contributed by atoms with Crippen LogP contribution in [0.2, 0.25) is 0 Å². The van der Waals surface area contributed by atoms with Gasteiger partial charge in [-0.05, 0) is 96.0 Å². The Morgan fingerprint density at radius 3 is 1.06 bits per heavy atom. The van der Waals surface area contributed by atoms with Crippen molar-refractivity contribution in [3.8, 4) is 0 Å². The number of esters is 1. The number of likely N-dealkylation sites (N-methyl/N-ethyl adjacent to an activating group) is 1. The van der Waals surface area contributed by atoms with E-state index in [0.29, 0.717) is 17.4 Å². The van der Waals surface area contributed by atoms with E-state index < -0.39 is 20.0 Å². The van der Waals surface area contributed by atoms with Gasteiger partial charge in [0.1, 0.15) is 19.3 Å². The number of rotatable bonds is 69. The van der Waals surface area contributed by atoms with Gasteiger partial charge in [-0.1, -0.05) is 319 Å². The van der Waals surface area contributed by atoms with E-state index in [-0.39, 0.29) is 31.5 Å². The molecule has 0 aromatic rings. The van der Waals surface area contributed by atoms with E-state index in [0.717, 1.165) is 70.6 Å². The van der Waals surface area contributed by atoms with E-state index in [1.165, 1.54) is 263 Å². The topological polar surface area (TPSA) is 114 Å². The Balaban J connectivity index is 5.00. The predicted molar refractivity (Wildman–Crippen MR) is 376 cm³/mol. The van der Waals surface area contributed by atoms with E-state index in [1.54, 1.807) is 0 Å². The summed E-state index contributed by atoms with van der Waals surface area (Å²) in [5.74, 6) is -0.527. The SMILES string of the molecule is CCCCC/C=C\C/C=C\CCCCCCCCCCCCCCCCCCCC(=O)NC(COP(=O)([O-])OCC[N+](C)(C)C)C(/C=C\CCCCCCCCCCCCC)OC(=O)CCCCCCCCCCCCC/C=C\C/C=C\CCCCC. The molecule has 0 aromatic carbocycles. The molecular formula is C77H145N2O7P. The van der Waals surface area contributed by atoms with Crippen molar-refractivity contribution in [3.63, 3.8) is 0 Å². The minimum absolute atomic E-state index is 0.0216. The number of amides is 1. The molecule has 0 saturated heterocycles. The van der Waals surface area contributed by atoms with Crippen LogP contribution in [0.25, 0.3) is 0 Å². The quantitative estimate of drug-likeness (QED) is 0.0212. The fourth-order valence-electron chi connectivity index (χ4n) is 11.1. The van der Waals surface area contributed by atoms with Gasteiger partial charge in [0.05, 0.1) is 33.8 Å². The number of carbonyl (C=O) groups excluding carboxylic acids is 2. The first-order valence-corrected chi connectivity index (χ1v) is 39.1. The van der Waals surface area contributed by atoms with E-state index in [9.17, 15) is 19.0 Å². The fraction of sp³-hybridized carbons (Fsp3) is 0.844. The van der Waals surface area contributed by atoms with E-state index in [1.807, 2.05) is 33.3 Å². The third-order valence-corrected chi connectivity index (χ3v) is 17.9.